The topological polar surface area (TPSA) is 118 Å². The maximum absolute atomic E-state index is 10.7. The van der Waals surface area contributed by atoms with Gasteiger partial charge in [0.2, 0.25) is 0 Å². The van der Waals surface area contributed by atoms with Crippen molar-refractivity contribution < 1.29 is 14.8 Å². The number of rotatable bonds is 5. The maximum Gasteiger partial charge on any atom is 0.354 e. The molecule has 0 atom stereocenters. The first-order valence-electron chi connectivity index (χ1n) is 6.00. The third-order valence-corrected chi connectivity index (χ3v) is 2.80. The van der Waals surface area contributed by atoms with Crippen LogP contribution in [0.4, 0.5) is 11.5 Å². The summed E-state index contributed by atoms with van der Waals surface area (Å²) >= 11 is 0. The Balaban J connectivity index is 2.04. The van der Waals surface area contributed by atoms with Crippen molar-refractivity contribution in [3.8, 4) is 0 Å². The van der Waals surface area contributed by atoms with E-state index in [9.17, 15) is 14.9 Å². The Labute approximate surface area is 119 Å². The molecule has 0 aromatic carbocycles. The van der Waals surface area contributed by atoms with Gasteiger partial charge in [0.15, 0.2) is 0 Å². The summed E-state index contributed by atoms with van der Waals surface area (Å²) < 4.78 is 0. The minimum absolute atomic E-state index is 0.0249. The van der Waals surface area contributed by atoms with E-state index in [4.69, 9.17) is 5.11 Å². The van der Waals surface area contributed by atoms with Gasteiger partial charge in [0.25, 0.3) is 5.69 Å². The summed E-state index contributed by atoms with van der Waals surface area (Å²) in [6.45, 7) is 2.02. The molecule has 0 aliphatic rings. The molecule has 2 N–H and O–H groups in total. The summed E-state index contributed by atoms with van der Waals surface area (Å²) in [4.78, 5) is 28.6. The van der Waals surface area contributed by atoms with Crippen molar-refractivity contribution in [3.05, 3.63) is 57.5 Å². The average molecular weight is 288 g/mol. The SMILES string of the molecule is Cc1cc(NCc2ccc(C(=O)O)nc2)ncc1[N+](=O)[O-]. The number of anilines is 1. The summed E-state index contributed by atoms with van der Waals surface area (Å²) in [5.41, 5.74) is 1.23. The number of hydrogen-bond donors (Lipinski definition) is 2. The Kier molecular flexibility index (Phi) is 4.07. The molecular weight excluding hydrogens is 276 g/mol. The van der Waals surface area contributed by atoms with Crippen LogP contribution in [-0.2, 0) is 6.54 Å². The molecule has 0 spiro atoms. The van der Waals surface area contributed by atoms with E-state index in [-0.39, 0.29) is 11.4 Å². The van der Waals surface area contributed by atoms with E-state index in [0.717, 1.165) is 5.56 Å². The molecule has 2 rings (SSSR count). The number of aromatic nitrogens is 2. The number of carbonyl (C=O) groups is 1. The number of hydrogen-bond acceptors (Lipinski definition) is 6. The second-order valence-corrected chi connectivity index (χ2v) is 4.32. The minimum Gasteiger partial charge on any atom is -0.477 e. The fourth-order valence-electron chi connectivity index (χ4n) is 1.68. The van der Waals surface area contributed by atoms with Gasteiger partial charge in [0.05, 0.1) is 4.92 Å². The fourth-order valence-corrected chi connectivity index (χ4v) is 1.68. The van der Waals surface area contributed by atoms with Gasteiger partial charge in [-0.2, -0.15) is 0 Å². The lowest BCUT2D eigenvalue weighted by atomic mass is 10.2. The number of nitrogens with one attached hydrogen (secondary N) is 1. The Morgan fingerprint density at radius 3 is 2.67 bits per heavy atom. The van der Waals surface area contributed by atoms with Gasteiger partial charge in [-0.3, -0.25) is 10.1 Å². The molecule has 2 aromatic heterocycles. The summed E-state index contributed by atoms with van der Waals surface area (Å²) in [6.07, 6.45) is 2.65. The highest BCUT2D eigenvalue weighted by Gasteiger charge is 2.11. The van der Waals surface area contributed by atoms with Gasteiger partial charge < -0.3 is 10.4 Å². The molecule has 0 amide bonds. The molecule has 21 heavy (non-hydrogen) atoms. The van der Waals surface area contributed by atoms with Crippen LogP contribution in [0.3, 0.4) is 0 Å². The van der Waals surface area contributed by atoms with E-state index >= 15 is 0 Å². The molecule has 0 aliphatic heterocycles. The molecular formula is C13H12N4O4. The molecule has 0 bridgehead atoms. The zero-order chi connectivity index (χ0) is 15.4. The van der Waals surface area contributed by atoms with Crippen LogP contribution in [0, 0.1) is 17.0 Å². The van der Waals surface area contributed by atoms with E-state index < -0.39 is 10.9 Å². The first kappa shape index (κ1) is 14.4. The molecule has 108 valence electrons. The Morgan fingerprint density at radius 2 is 2.14 bits per heavy atom. The fraction of sp³-hybridized carbons (Fsp3) is 0.154. The number of pyridine rings is 2. The maximum atomic E-state index is 10.7. The lowest BCUT2D eigenvalue weighted by molar-refractivity contribution is -0.385. The largest absolute Gasteiger partial charge is 0.477 e. The normalized spacial score (nSPS) is 10.1. The monoisotopic (exact) mass is 288 g/mol. The van der Waals surface area contributed by atoms with Crippen LogP contribution >= 0.6 is 0 Å². The summed E-state index contributed by atoms with van der Waals surface area (Å²) in [5.74, 6) is -0.581. The Bertz CT molecular complexity index is 685. The van der Waals surface area contributed by atoms with Crippen LogP contribution in [-0.4, -0.2) is 26.0 Å². The first-order valence-corrected chi connectivity index (χ1v) is 6.00. The van der Waals surface area contributed by atoms with Crippen molar-refractivity contribution in [2.45, 2.75) is 13.5 Å². The molecule has 0 saturated heterocycles. The third-order valence-electron chi connectivity index (χ3n) is 2.80. The zero-order valence-corrected chi connectivity index (χ0v) is 11.1. The van der Waals surface area contributed by atoms with Crippen LogP contribution in [0.2, 0.25) is 0 Å². The standard InChI is InChI=1S/C13H12N4O4/c1-8-4-12(16-7-11(8)17(20)21)15-6-9-2-3-10(13(18)19)14-5-9/h2-5,7H,6H2,1H3,(H,15,16)(H,18,19). The molecule has 8 heteroatoms. The molecule has 2 heterocycles. The van der Waals surface area contributed by atoms with E-state index in [1.54, 1.807) is 19.1 Å². The first-order chi connectivity index (χ1) is 9.97. The van der Waals surface area contributed by atoms with Gasteiger partial charge >= 0.3 is 5.97 Å². The number of aryl methyl sites for hydroxylation is 1. The molecule has 0 unspecified atom stereocenters. The van der Waals surface area contributed by atoms with E-state index in [0.29, 0.717) is 17.9 Å². The van der Waals surface area contributed by atoms with Crippen LogP contribution in [0.25, 0.3) is 0 Å². The minimum atomic E-state index is -1.08. The predicted molar refractivity (Wildman–Crippen MR) is 74.2 cm³/mol. The highest BCUT2D eigenvalue weighted by Crippen LogP contribution is 2.19. The molecule has 0 fully saturated rings. The predicted octanol–water partition coefficient (Wildman–Crippen LogP) is 2.00. The zero-order valence-electron chi connectivity index (χ0n) is 11.1. The molecule has 0 aliphatic carbocycles. The van der Waals surface area contributed by atoms with E-state index in [1.807, 2.05) is 0 Å². The van der Waals surface area contributed by atoms with Gasteiger partial charge in [-0.05, 0) is 24.6 Å². The smallest absolute Gasteiger partial charge is 0.354 e. The van der Waals surface area contributed by atoms with Crippen molar-refractivity contribution in [2.75, 3.05) is 5.32 Å². The van der Waals surface area contributed by atoms with Crippen LogP contribution < -0.4 is 5.32 Å². The van der Waals surface area contributed by atoms with Crippen molar-refractivity contribution in [1.82, 2.24) is 9.97 Å². The third kappa shape index (κ3) is 3.50. The van der Waals surface area contributed by atoms with Crippen molar-refractivity contribution in [3.63, 3.8) is 0 Å². The molecule has 8 nitrogen and oxygen atoms in total. The molecule has 2 aromatic rings. The van der Waals surface area contributed by atoms with Crippen LogP contribution in [0.1, 0.15) is 21.6 Å². The number of aromatic carboxylic acids is 1. The van der Waals surface area contributed by atoms with Crippen molar-refractivity contribution in [2.24, 2.45) is 0 Å². The number of nitro groups is 1. The summed E-state index contributed by atoms with van der Waals surface area (Å²) in [5, 5.41) is 22.4. The van der Waals surface area contributed by atoms with Gasteiger partial charge in [0.1, 0.15) is 17.7 Å². The van der Waals surface area contributed by atoms with E-state index in [2.05, 4.69) is 15.3 Å². The van der Waals surface area contributed by atoms with Crippen LogP contribution in [0.15, 0.2) is 30.6 Å². The lowest BCUT2D eigenvalue weighted by Gasteiger charge is -2.06. The average Bonchev–Trinajstić information content (AvgIpc) is 2.45. The van der Waals surface area contributed by atoms with Crippen molar-refractivity contribution in [1.29, 1.82) is 0 Å². The van der Waals surface area contributed by atoms with Gasteiger partial charge in [-0.1, -0.05) is 6.07 Å². The second kappa shape index (κ2) is 5.95. The highest BCUT2D eigenvalue weighted by atomic mass is 16.6. The summed E-state index contributed by atoms with van der Waals surface area (Å²) in [7, 11) is 0. The quantitative estimate of drug-likeness (QED) is 0.638. The van der Waals surface area contributed by atoms with Gasteiger partial charge in [0, 0.05) is 18.3 Å². The molecule has 0 saturated carbocycles. The lowest BCUT2D eigenvalue weighted by Crippen LogP contribution is -2.05. The second-order valence-electron chi connectivity index (χ2n) is 4.32. The number of nitrogens with zero attached hydrogens (tertiary/aromatic N) is 3. The highest BCUT2D eigenvalue weighted by molar-refractivity contribution is 5.85. The Hall–Kier alpha value is -3.03. The Morgan fingerprint density at radius 1 is 1.38 bits per heavy atom. The molecule has 0 radical (unpaired) electrons. The van der Waals surface area contributed by atoms with Crippen molar-refractivity contribution >= 4 is 17.5 Å². The van der Waals surface area contributed by atoms with Crippen LogP contribution in [0.5, 0.6) is 0 Å². The summed E-state index contributed by atoms with van der Waals surface area (Å²) in [6, 6.07) is 4.63. The van der Waals surface area contributed by atoms with Gasteiger partial charge in [-0.25, -0.2) is 14.8 Å². The number of carboxylic acid groups (broad SMARTS) is 1. The van der Waals surface area contributed by atoms with E-state index in [1.165, 1.54) is 18.5 Å². The number of carboxylic acids is 1. The van der Waals surface area contributed by atoms with Gasteiger partial charge in [-0.15, -0.1) is 0 Å².